The van der Waals surface area contributed by atoms with Gasteiger partial charge in [-0.05, 0) is 43.7 Å². The van der Waals surface area contributed by atoms with Crippen molar-refractivity contribution in [3.05, 3.63) is 24.3 Å². The van der Waals surface area contributed by atoms with Gasteiger partial charge in [0.1, 0.15) is 18.4 Å². The van der Waals surface area contributed by atoms with E-state index in [2.05, 4.69) is 0 Å². The highest BCUT2D eigenvalue weighted by Crippen LogP contribution is 2.21. The first-order chi connectivity index (χ1) is 13.0. The molecule has 0 spiro atoms. The zero-order valence-corrected chi connectivity index (χ0v) is 16.1. The van der Waals surface area contributed by atoms with Crippen LogP contribution in [0.1, 0.15) is 19.3 Å². The van der Waals surface area contributed by atoms with E-state index in [9.17, 15) is 18.3 Å². The van der Waals surface area contributed by atoms with Gasteiger partial charge >= 0.3 is 5.97 Å². The molecule has 0 bridgehead atoms. The molecule has 27 heavy (non-hydrogen) atoms. The van der Waals surface area contributed by atoms with E-state index >= 15 is 0 Å². The normalized spacial score (nSPS) is 22.4. The van der Waals surface area contributed by atoms with Crippen molar-refractivity contribution in [3.8, 4) is 5.75 Å². The maximum atomic E-state index is 12.6. The molecule has 3 rings (SSSR count). The van der Waals surface area contributed by atoms with Crippen LogP contribution >= 0.6 is 0 Å². The van der Waals surface area contributed by atoms with E-state index in [1.807, 2.05) is 4.90 Å². The van der Waals surface area contributed by atoms with Gasteiger partial charge in [-0.15, -0.1) is 0 Å². The molecule has 9 heteroatoms. The molecule has 0 aliphatic carbocycles. The third-order valence-corrected chi connectivity index (χ3v) is 6.89. The van der Waals surface area contributed by atoms with Crippen LogP contribution in [0.5, 0.6) is 5.75 Å². The fraction of sp³-hybridized carbons (Fsp3) is 0.611. The number of hydrogen-bond donors (Lipinski definition) is 1. The summed E-state index contributed by atoms with van der Waals surface area (Å²) < 4.78 is 37.5. The fourth-order valence-electron chi connectivity index (χ4n) is 3.46. The van der Waals surface area contributed by atoms with Gasteiger partial charge in [0.2, 0.25) is 10.0 Å². The van der Waals surface area contributed by atoms with Crippen molar-refractivity contribution < 1.29 is 27.8 Å². The van der Waals surface area contributed by atoms with E-state index in [0.717, 1.165) is 19.4 Å². The van der Waals surface area contributed by atoms with Crippen LogP contribution in [0.2, 0.25) is 0 Å². The number of benzene rings is 1. The zero-order chi connectivity index (χ0) is 19.3. The number of ether oxygens (including phenoxy) is 2. The number of carboxylic acid groups (broad SMARTS) is 1. The highest BCUT2D eigenvalue weighted by atomic mass is 32.2. The molecule has 0 amide bonds. The predicted octanol–water partition coefficient (Wildman–Crippen LogP) is 1.03. The first kappa shape index (κ1) is 20.1. The van der Waals surface area contributed by atoms with E-state index in [0.29, 0.717) is 51.6 Å². The van der Waals surface area contributed by atoms with Crippen LogP contribution < -0.4 is 4.74 Å². The van der Waals surface area contributed by atoms with Gasteiger partial charge in [0, 0.05) is 19.6 Å². The number of hydrogen-bond acceptors (Lipinski definition) is 6. The van der Waals surface area contributed by atoms with E-state index in [-0.39, 0.29) is 4.90 Å². The molecule has 2 fully saturated rings. The minimum atomic E-state index is -3.51. The molecule has 1 N–H and O–H groups in total. The van der Waals surface area contributed by atoms with Crippen LogP contribution in [0.15, 0.2) is 29.2 Å². The average Bonchev–Trinajstić information content (AvgIpc) is 2.69. The molecule has 0 radical (unpaired) electrons. The lowest BCUT2D eigenvalue weighted by Crippen LogP contribution is -2.46. The summed E-state index contributed by atoms with van der Waals surface area (Å²) in [6, 6.07) is 5.92. The lowest BCUT2D eigenvalue weighted by Gasteiger charge is -2.32. The topological polar surface area (TPSA) is 96.4 Å². The minimum Gasteiger partial charge on any atom is -0.492 e. The number of carbonyl (C=O) groups is 1. The van der Waals surface area contributed by atoms with Crippen molar-refractivity contribution in [2.75, 3.05) is 46.0 Å². The Morgan fingerprint density at radius 2 is 1.85 bits per heavy atom. The molecule has 2 aliphatic rings. The maximum Gasteiger partial charge on any atom is 0.320 e. The molecule has 2 heterocycles. The quantitative estimate of drug-likeness (QED) is 0.733. The zero-order valence-electron chi connectivity index (χ0n) is 15.2. The summed E-state index contributed by atoms with van der Waals surface area (Å²) in [5, 5.41) is 9.29. The summed E-state index contributed by atoms with van der Waals surface area (Å²) in [4.78, 5) is 13.5. The summed E-state index contributed by atoms with van der Waals surface area (Å²) in [5.74, 6) is -0.216. The Morgan fingerprint density at radius 3 is 2.52 bits per heavy atom. The number of aliphatic carboxylic acids is 1. The molecule has 8 nitrogen and oxygen atoms in total. The molecule has 150 valence electrons. The lowest BCUT2D eigenvalue weighted by atomic mass is 10.0. The number of nitrogens with zero attached hydrogens (tertiary/aromatic N) is 2. The number of carboxylic acids is 1. The summed E-state index contributed by atoms with van der Waals surface area (Å²) in [5.41, 5.74) is 0. The fourth-order valence-corrected chi connectivity index (χ4v) is 4.87. The highest BCUT2D eigenvalue weighted by molar-refractivity contribution is 7.89. The van der Waals surface area contributed by atoms with Crippen LogP contribution in [0.4, 0.5) is 0 Å². The molecular formula is C18H26N2O6S. The largest absolute Gasteiger partial charge is 0.492 e. The van der Waals surface area contributed by atoms with Gasteiger partial charge in [-0.25, -0.2) is 8.42 Å². The van der Waals surface area contributed by atoms with Crippen LogP contribution in [-0.2, 0) is 19.6 Å². The van der Waals surface area contributed by atoms with Crippen molar-refractivity contribution in [1.29, 1.82) is 0 Å². The first-order valence-electron chi connectivity index (χ1n) is 9.26. The summed E-state index contributed by atoms with van der Waals surface area (Å²) >= 11 is 0. The second-order valence-corrected chi connectivity index (χ2v) is 8.66. The maximum absolute atomic E-state index is 12.6. The Labute approximate surface area is 159 Å². The second kappa shape index (κ2) is 9.01. The molecule has 1 atom stereocenters. The third-order valence-electron chi connectivity index (χ3n) is 4.98. The van der Waals surface area contributed by atoms with E-state index in [4.69, 9.17) is 9.47 Å². The minimum absolute atomic E-state index is 0.235. The number of piperidine rings is 1. The van der Waals surface area contributed by atoms with Crippen molar-refractivity contribution >= 4 is 16.0 Å². The smallest absolute Gasteiger partial charge is 0.320 e. The van der Waals surface area contributed by atoms with E-state index in [1.54, 1.807) is 24.3 Å². The summed E-state index contributed by atoms with van der Waals surface area (Å²) in [7, 11) is -3.51. The summed E-state index contributed by atoms with van der Waals surface area (Å²) in [6.45, 7) is 3.20. The SMILES string of the molecule is O=C(O)C1CCCCN1CCOc1ccc(S(=O)(=O)N2CCOCC2)cc1. The molecule has 1 aromatic carbocycles. The van der Waals surface area contributed by atoms with Crippen molar-refractivity contribution in [3.63, 3.8) is 0 Å². The number of rotatable bonds is 7. The average molecular weight is 398 g/mol. The van der Waals surface area contributed by atoms with Gasteiger partial charge in [-0.3, -0.25) is 9.69 Å². The van der Waals surface area contributed by atoms with Gasteiger partial charge in [-0.1, -0.05) is 6.42 Å². The Morgan fingerprint density at radius 1 is 1.15 bits per heavy atom. The Balaban J connectivity index is 1.54. The summed E-state index contributed by atoms with van der Waals surface area (Å²) in [6.07, 6.45) is 2.61. The van der Waals surface area contributed by atoms with Gasteiger partial charge < -0.3 is 14.6 Å². The molecule has 2 aliphatic heterocycles. The van der Waals surface area contributed by atoms with Gasteiger partial charge in [0.05, 0.1) is 18.1 Å². The molecule has 0 aromatic heterocycles. The highest BCUT2D eigenvalue weighted by Gasteiger charge is 2.28. The van der Waals surface area contributed by atoms with E-state index in [1.165, 1.54) is 4.31 Å². The van der Waals surface area contributed by atoms with Crippen LogP contribution in [0, 0.1) is 0 Å². The number of likely N-dealkylation sites (tertiary alicyclic amines) is 1. The standard InChI is InChI=1S/C18H26N2O6S/c21-18(22)17-3-1-2-8-19(17)9-14-26-15-4-6-16(7-5-15)27(23,24)20-10-12-25-13-11-20/h4-7,17H,1-3,8-14H2,(H,21,22). The van der Waals surface area contributed by atoms with E-state index < -0.39 is 22.0 Å². The molecule has 2 saturated heterocycles. The van der Waals surface area contributed by atoms with Crippen LogP contribution in [-0.4, -0.2) is 80.7 Å². The first-order valence-corrected chi connectivity index (χ1v) is 10.7. The molecule has 1 unspecified atom stereocenters. The molecule has 1 aromatic rings. The van der Waals surface area contributed by atoms with Crippen molar-refractivity contribution in [2.24, 2.45) is 0 Å². The number of sulfonamides is 1. The Hall–Kier alpha value is -1.68. The second-order valence-electron chi connectivity index (χ2n) is 6.72. The van der Waals surface area contributed by atoms with Gasteiger partial charge in [0.25, 0.3) is 0 Å². The predicted molar refractivity (Wildman–Crippen MR) is 98.4 cm³/mol. The lowest BCUT2D eigenvalue weighted by molar-refractivity contribution is -0.144. The van der Waals surface area contributed by atoms with Gasteiger partial charge in [-0.2, -0.15) is 4.31 Å². The Kier molecular flexibility index (Phi) is 6.69. The van der Waals surface area contributed by atoms with Crippen LogP contribution in [0.25, 0.3) is 0 Å². The molecular weight excluding hydrogens is 372 g/mol. The van der Waals surface area contributed by atoms with Gasteiger partial charge in [0.15, 0.2) is 0 Å². The van der Waals surface area contributed by atoms with Crippen LogP contribution in [0.3, 0.4) is 0 Å². The molecule has 0 saturated carbocycles. The van der Waals surface area contributed by atoms with Crippen molar-refractivity contribution in [1.82, 2.24) is 9.21 Å². The third kappa shape index (κ3) is 4.98. The van der Waals surface area contributed by atoms with Crippen molar-refractivity contribution in [2.45, 2.75) is 30.2 Å². The monoisotopic (exact) mass is 398 g/mol. The Bertz CT molecular complexity index is 731. The number of morpholine rings is 1.